The SMILES string of the molecule is Cc1ccc2nc(C3=C([O-])CN(c4ccc(C(=O)O)cc4)C3=N)[nH]c2c1. The zero-order valence-corrected chi connectivity index (χ0v) is 13.9. The second-order valence-corrected chi connectivity index (χ2v) is 6.19. The number of carboxylic acids is 1. The van der Waals surface area contributed by atoms with Crippen molar-refractivity contribution in [2.75, 3.05) is 11.4 Å². The molecule has 0 atom stereocenters. The van der Waals surface area contributed by atoms with Crippen molar-refractivity contribution < 1.29 is 15.0 Å². The second kappa shape index (κ2) is 5.73. The number of H-pyrrole nitrogens is 1. The summed E-state index contributed by atoms with van der Waals surface area (Å²) in [5.74, 6) is -0.791. The fourth-order valence-electron chi connectivity index (χ4n) is 3.06. The quantitative estimate of drug-likeness (QED) is 0.671. The molecule has 130 valence electrons. The molecule has 3 aromatic rings. The molecule has 0 bridgehead atoms. The zero-order valence-electron chi connectivity index (χ0n) is 13.9. The largest absolute Gasteiger partial charge is 0.874 e. The molecule has 2 heterocycles. The molecule has 0 spiro atoms. The van der Waals surface area contributed by atoms with Gasteiger partial charge in [0.05, 0.1) is 16.6 Å². The predicted octanol–water partition coefficient (Wildman–Crippen LogP) is 2.14. The van der Waals surface area contributed by atoms with Gasteiger partial charge in [0.25, 0.3) is 0 Å². The van der Waals surface area contributed by atoms with Gasteiger partial charge in [-0.1, -0.05) is 11.8 Å². The van der Waals surface area contributed by atoms with Crippen molar-refractivity contribution in [3.8, 4) is 0 Å². The number of hydrogen-bond donors (Lipinski definition) is 3. The first-order valence-electron chi connectivity index (χ1n) is 8.01. The van der Waals surface area contributed by atoms with Crippen molar-refractivity contribution in [2.24, 2.45) is 0 Å². The Bertz CT molecular complexity index is 1080. The standard InChI is InChI=1S/C19H16N4O3/c1-10-2-7-13-14(8-10)22-18(21-13)16-15(24)9-23(17(16)20)12-5-3-11(4-6-12)19(25)26/h2-8,20,24H,9H2,1H3,(H,21,22)(H,25,26)/p-1. The molecule has 2 aromatic carbocycles. The minimum Gasteiger partial charge on any atom is -0.874 e. The summed E-state index contributed by atoms with van der Waals surface area (Å²) in [7, 11) is 0. The Morgan fingerprint density at radius 3 is 2.69 bits per heavy atom. The maximum atomic E-state index is 12.5. The van der Waals surface area contributed by atoms with Crippen molar-refractivity contribution >= 4 is 34.1 Å². The van der Waals surface area contributed by atoms with Crippen LogP contribution in [0.25, 0.3) is 16.6 Å². The first kappa shape index (κ1) is 15.9. The minimum atomic E-state index is -1.02. The molecule has 7 heteroatoms. The molecular weight excluding hydrogens is 332 g/mol. The van der Waals surface area contributed by atoms with Gasteiger partial charge in [-0.25, -0.2) is 9.78 Å². The van der Waals surface area contributed by atoms with Crippen LogP contribution in [0.4, 0.5) is 5.69 Å². The number of aromatic carboxylic acids is 1. The molecule has 0 saturated heterocycles. The number of carboxylic acid groups (broad SMARTS) is 1. The van der Waals surface area contributed by atoms with E-state index in [0.29, 0.717) is 11.5 Å². The van der Waals surface area contributed by atoms with E-state index in [1.165, 1.54) is 12.1 Å². The normalized spacial score (nSPS) is 14.5. The van der Waals surface area contributed by atoms with Gasteiger partial charge in [-0.2, -0.15) is 0 Å². The van der Waals surface area contributed by atoms with Crippen LogP contribution in [-0.2, 0) is 0 Å². The third-order valence-corrected chi connectivity index (χ3v) is 4.39. The number of benzene rings is 2. The fourth-order valence-corrected chi connectivity index (χ4v) is 3.06. The molecule has 3 N–H and O–H groups in total. The second-order valence-electron chi connectivity index (χ2n) is 6.19. The van der Waals surface area contributed by atoms with Crippen LogP contribution in [0.5, 0.6) is 0 Å². The Morgan fingerprint density at radius 1 is 1.27 bits per heavy atom. The fraction of sp³-hybridized carbons (Fsp3) is 0.105. The van der Waals surface area contributed by atoms with Crippen molar-refractivity contribution in [2.45, 2.75) is 6.92 Å². The maximum absolute atomic E-state index is 12.5. The van der Waals surface area contributed by atoms with Crippen LogP contribution in [0.2, 0.25) is 0 Å². The van der Waals surface area contributed by atoms with Gasteiger partial charge in [-0.15, -0.1) is 0 Å². The van der Waals surface area contributed by atoms with Crippen LogP contribution < -0.4 is 10.0 Å². The van der Waals surface area contributed by atoms with E-state index >= 15 is 0 Å². The summed E-state index contributed by atoms with van der Waals surface area (Å²) in [6.07, 6.45) is 0. The average Bonchev–Trinajstić information content (AvgIpc) is 3.14. The van der Waals surface area contributed by atoms with Crippen LogP contribution in [0.15, 0.2) is 48.2 Å². The molecule has 4 rings (SSSR count). The van der Waals surface area contributed by atoms with Gasteiger partial charge < -0.3 is 20.1 Å². The van der Waals surface area contributed by atoms with Crippen LogP contribution in [0.3, 0.4) is 0 Å². The number of nitrogens with one attached hydrogen (secondary N) is 2. The van der Waals surface area contributed by atoms with E-state index in [2.05, 4.69) is 9.97 Å². The number of hydrogen-bond acceptors (Lipinski definition) is 4. The minimum absolute atomic E-state index is 0.0245. The van der Waals surface area contributed by atoms with Crippen molar-refractivity contribution in [1.82, 2.24) is 9.97 Å². The van der Waals surface area contributed by atoms with E-state index in [4.69, 9.17) is 10.5 Å². The number of aromatic nitrogens is 2. The maximum Gasteiger partial charge on any atom is 0.335 e. The van der Waals surface area contributed by atoms with Crippen LogP contribution >= 0.6 is 0 Å². The van der Waals surface area contributed by atoms with E-state index in [0.717, 1.165) is 16.6 Å². The topological polar surface area (TPSA) is 116 Å². The third kappa shape index (κ3) is 2.50. The first-order chi connectivity index (χ1) is 12.4. The van der Waals surface area contributed by atoms with Crippen molar-refractivity contribution in [1.29, 1.82) is 5.41 Å². The van der Waals surface area contributed by atoms with Gasteiger partial charge in [0.1, 0.15) is 11.7 Å². The molecule has 1 aliphatic rings. The molecule has 7 nitrogen and oxygen atoms in total. The first-order valence-corrected chi connectivity index (χ1v) is 8.01. The predicted molar refractivity (Wildman–Crippen MR) is 96.2 cm³/mol. The lowest BCUT2D eigenvalue weighted by Crippen LogP contribution is -2.27. The van der Waals surface area contributed by atoms with E-state index in [9.17, 15) is 9.90 Å². The Hall–Kier alpha value is -3.61. The highest BCUT2D eigenvalue weighted by atomic mass is 16.4. The Balaban J connectivity index is 1.68. The van der Waals surface area contributed by atoms with E-state index in [-0.39, 0.29) is 29.3 Å². The summed E-state index contributed by atoms with van der Waals surface area (Å²) >= 11 is 0. The smallest absolute Gasteiger partial charge is 0.335 e. The van der Waals surface area contributed by atoms with Crippen LogP contribution in [0, 0.1) is 12.3 Å². The van der Waals surface area contributed by atoms with Crippen LogP contribution in [-0.4, -0.2) is 33.4 Å². The number of anilines is 1. The van der Waals surface area contributed by atoms with E-state index in [1.54, 1.807) is 17.0 Å². The lowest BCUT2D eigenvalue weighted by Gasteiger charge is -2.20. The third-order valence-electron chi connectivity index (χ3n) is 4.39. The Morgan fingerprint density at radius 2 is 2.00 bits per heavy atom. The average molecular weight is 347 g/mol. The molecule has 26 heavy (non-hydrogen) atoms. The Kier molecular flexibility index (Phi) is 3.50. The molecule has 0 aliphatic carbocycles. The summed E-state index contributed by atoms with van der Waals surface area (Å²) in [5, 5.41) is 29.9. The van der Waals surface area contributed by atoms with Crippen molar-refractivity contribution in [3.05, 3.63) is 65.2 Å². The van der Waals surface area contributed by atoms with Gasteiger partial charge in [0, 0.05) is 17.8 Å². The molecule has 0 amide bonds. The summed E-state index contributed by atoms with van der Waals surface area (Å²) < 4.78 is 0. The van der Waals surface area contributed by atoms with Gasteiger partial charge in [0.15, 0.2) is 0 Å². The molecule has 0 unspecified atom stereocenters. The highest BCUT2D eigenvalue weighted by Crippen LogP contribution is 2.30. The number of nitrogens with zero attached hydrogens (tertiary/aromatic N) is 2. The molecule has 0 fully saturated rings. The zero-order chi connectivity index (χ0) is 18.4. The highest BCUT2D eigenvalue weighted by Gasteiger charge is 2.27. The highest BCUT2D eigenvalue weighted by molar-refractivity contribution is 6.30. The molecule has 1 aromatic heterocycles. The lowest BCUT2D eigenvalue weighted by molar-refractivity contribution is -0.300. The number of aryl methyl sites for hydroxylation is 1. The number of carbonyl (C=O) groups is 1. The molecular formula is C19H15N4O3-. The molecule has 1 aliphatic heterocycles. The summed E-state index contributed by atoms with van der Waals surface area (Å²) in [6.45, 7) is 2.00. The van der Waals surface area contributed by atoms with Crippen molar-refractivity contribution in [3.63, 3.8) is 0 Å². The van der Waals surface area contributed by atoms with E-state index in [1.807, 2.05) is 25.1 Å². The summed E-state index contributed by atoms with van der Waals surface area (Å²) in [5.41, 5.74) is 3.62. The molecule has 0 saturated carbocycles. The number of imidazole rings is 1. The van der Waals surface area contributed by atoms with Gasteiger partial charge in [-0.3, -0.25) is 5.41 Å². The van der Waals surface area contributed by atoms with Gasteiger partial charge in [0.2, 0.25) is 0 Å². The monoisotopic (exact) mass is 347 g/mol. The number of rotatable bonds is 3. The number of amidine groups is 1. The van der Waals surface area contributed by atoms with Gasteiger partial charge in [-0.05, 0) is 48.9 Å². The lowest BCUT2D eigenvalue weighted by atomic mass is 10.2. The summed E-state index contributed by atoms with van der Waals surface area (Å²) in [4.78, 5) is 20.1. The van der Waals surface area contributed by atoms with Gasteiger partial charge >= 0.3 is 5.97 Å². The number of fused-ring (bicyclic) bond motifs is 1. The Labute approximate surface area is 148 Å². The number of aromatic amines is 1. The van der Waals surface area contributed by atoms with Crippen LogP contribution in [0.1, 0.15) is 21.7 Å². The molecule has 0 radical (unpaired) electrons. The van der Waals surface area contributed by atoms with E-state index < -0.39 is 5.97 Å². The summed E-state index contributed by atoms with van der Waals surface area (Å²) in [6, 6.07) is 11.9.